The molecule has 0 heterocycles. The summed E-state index contributed by atoms with van der Waals surface area (Å²) in [5.41, 5.74) is 1.01. The van der Waals surface area contributed by atoms with E-state index in [9.17, 15) is 9.59 Å². The first-order chi connectivity index (χ1) is 12.5. The molecule has 0 saturated carbocycles. The van der Waals surface area contributed by atoms with Gasteiger partial charge in [-0.3, -0.25) is 4.79 Å². The molecule has 7 heteroatoms. The number of rotatable bonds is 7. The minimum atomic E-state index is -0.532. The normalized spacial score (nSPS) is 10.0. The highest BCUT2D eigenvalue weighted by Gasteiger charge is 2.19. The Hall–Kier alpha value is -3.22. The van der Waals surface area contributed by atoms with Gasteiger partial charge in [0, 0.05) is 12.6 Å². The number of anilines is 1. The zero-order valence-corrected chi connectivity index (χ0v) is 15.1. The van der Waals surface area contributed by atoms with Crippen LogP contribution >= 0.6 is 0 Å². The zero-order valence-electron chi connectivity index (χ0n) is 15.1. The predicted molar refractivity (Wildman–Crippen MR) is 96.2 cm³/mol. The molecule has 2 rings (SSSR count). The molecule has 0 N–H and O–H groups in total. The molecule has 0 fully saturated rings. The third-order valence-electron chi connectivity index (χ3n) is 3.73. The van der Waals surface area contributed by atoms with Crippen LogP contribution in [0.25, 0.3) is 0 Å². The maximum absolute atomic E-state index is 12.8. The first-order valence-corrected chi connectivity index (χ1v) is 7.80. The topological polar surface area (TPSA) is 74.3 Å². The van der Waals surface area contributed by atoms with E-state index in [0.29, 0.717) is 22.7 Å². The lowest BCUT2D eigenvalue weighted by Crippen LogP contribution is -2.26. The van der Waals surface area contributed by atoms with Crippen molar-refractivity contribution in [3.8, 4) is 17.2 Å². The summed E-state index contributed by atoms with van der Waals surface area (Å²) in [6, 6.07) is 12.0. The Bertz CT molecular complexity index is 789. The van der Waals surface area contributed by atoms with Gasteiger partial charge in [-0.1, -0.05) is 12.1 Å². The fraction of sp³-hybridized carbons (Fsp3) is 0.263. The number of amides is 1. The highest BCUT2D eigenvalue weighted by Crippen LogP contribution is 2.31. The molecule has 2 aromatic rings. The van der Waals surface area contributed by atoms with Gasteiger partial charge in [0.1, 0.15) is 5.75 Å². The van der Waals surface area contributed by atoms with E-state index < -0.39 is 5.97 Å². The Balaban J connectivity index is 2.29. The minimum Gasteiger partial charge on any atom is -0.495 e. The van der Waals surface area contributed by atoms with Gasteiger partial charge in [0.15, 0.2) is 18.1 Å². The van der Waals surface area contributed by atoms with E-state index in [1.54, 1.807) is 38.4 Å². The van der Waals surface area contributed by atoms with Gasteiger partial charge in [0.2, 0.25) is 0 Å². The summed E-state index contributed by atoms with van der Waals surface area (Å²) in [4.78, 5) is 25.6. The van der Waals surface area contributed by atoms with E-state index >= 15 is 0 Å². The smallest absolute Gasteiger partial charge is 0.343 e. The van der Waals surface area contributed by atoms with Crippen LogP contribution in [0.5, 0.6) is 17.2 Å². The molecule has 0 aliphatic rings. The van der Waals surface area contributed by atoms with Gasteiger partial charge in [0.25, 0.3) is 5.91 Å². The van der Waals surface area contributed by atoms with Crippen molar-refractivity contribution in [2.45, 2.75) is 0 Å². The lowest BCUT2D eigenvalue weighted by Gasteiger charge is -2.20. The van der Waals surface area contributed by atoms with Crippen LogP contribution < -0.4 is 19.1 Å². The van der Waals surface area contributed by atoms with Gasteiger partial charge in [-0.05, 0) is 30.3 Å². The number of benzene rings is 2. The maximum Gasteiger partial charge on any atom is 0.343 e. The average molecular weight is 359 g/mol. The number of methoxy groups -OCH3 is 3. The van der Waals surface area contributed by atoms with Crippen LogP contribution in [0.3, 0.4) is 0 Å². The van der Waals surface area contributed by atoms with Crippen LogP contribution in [0.1, 0.15) is 10.4 Å². The molecule has 0 bridgehead atoms. The van der Waals surface area contributed by atoms with Crippen molar-refractivity contribution >= 4 is 17.6 Å². The van der Waals surface area contributed by atoms with Crippen molar-refractivity contribution in [3.63, 3.8) is 0 Å². The van der Waals surface area contributed by atoms with E-state index in [2.05, 4.69) is 4.74 Å². The van der Waals surface area contributed by atoms with Gasteiger partial charge < -0.3 is 23.8 Å². The van der Waals surface area contributed by atoms with Crippen molar-refractivity contribution in [1.82, 2.24) is 0 Å². The second kappa shape index (κ2) is 8.75. The van der Waals surface area contributed by atoms with Crippen LogP contribution in [0, 0.1) is 0 Å². The molecule has 0 aliphatic heterocycles. The van der Waals surface area contributed by atoms with Gasteiger partial charge in [-0.2, -0.15) is 0 Å². The van der Waals surface area contributed by atoms with Gasteiger partial charge >= 0.3 is 5.97 Å². The molecule has 138 valence electrons. The molecule has 0 unspecified atom stereocenters. The van der Waals surface area contributed by atoms with E-state index in [-0.39, 0.29) is 18.3 Å². The van der Waals surface area contributed by atoms with Crippen LogP contribution in [-0.2, 0) is 9.53 Å². The molecule has 0 aliphatic carbocycles. The fourth-order valence-corrected chi connectivity index (χ4v) is 2.33. The third kappa shape index (κ3) is 4.24. The van der Waals surface area contributed by atoms with E-state index in [1.165, 1.54) is 25.2 Å². The molecular formula is C19H21NO6. The number of carbonyl (C=O) groups is 2. The molecule has 0 atom stereocenters. The Kier molecular flexibility index (Phi) is 6.43. The average Bonchev–Trinajstić information content (AvgIpc) is 2.70. The molecule has 7 nitrogen and oxygen atoms in total. The number of carbonyl (C=O) groups excluding carboxylic acids is 2. The van der Waals surface area contributed by atoms with E-state index in [1.807, 2.05) is 12.1 Å². The molecule has 0 spiro atoms. The van der Waals surface area contributed by atoms with Gasteiger partial charge in [-0.25, -0.2) is 4.79 Å². The Morgan fingerprint density at radius 1 is 0.923 bits per heavy atom. The summed E-state index contributed by atoms with van der Waals surface area (Å²) < 4.78 is 20.5. The first-order valence-electron chi connectivity index (χ1n) is 7.80. The van der Waals surface area contributed by atoms with Crippen LogP contribution in [-0.4, -0.2) is 46.9 Å². The second-order valence-electron chi connectivity index (χ2n) is 5.27. The monoisotopic (exact) mass is 359 g/mol. The van der Waals surface area contributed by atoms with Crippen LogP contribution in [0.2, 0.25) is 0 Å². The van der Waals surface area contributed by atoms with Crippen molar-refractivity contribution in [2.24, 2.45) is 0 Å². The second-order valence-corrected chi connectivity index (χ2v) is 5.27. The molecule has 0 aromatic heterocycles. The van der Waals surface area contributed by atoms with Crippen molar-refractivity contribution in [2.75, 3.05) is 39.9 Å². The predicted octanol–water partition coefficient (Wildman–Crippen LogP) is 2.53. The summed E-state index contributed by atoms with van der Waals surface area (Å²) in [6.45, 7) is -0.285. The molecular weight excluding hydrogens is 338 g/mol. The quantitative estimate of drug-likeness (QED) is 0.707. The summed E-state index contributed by atoms with van der Waals surface area (Å²) in [5, 5.41) is 0. The highest BCUT2D eigenvalue weighted by atomic mass is 16.6. The number of ether oxygens (including phenoxy) is 4. The first kappa shape index (κ1) is 19.1. The summed E-state index contributed by atoms with van der Waals surface area (Å²) in [7, 11) is 5.94. The summed E-state index contributed by atoms with van der Waals surface area (Å²) in [5.74, 6) is 0.469. The third-order valence-corrected chi connectivity index (χ3v) is 3.73. The van der Waals surface area contributed by atoms with E-state index in [4.69, 9.17) is 14.2 Å². The lowest BCUT2D eigenvalue weighted by atomic mass is 10.1. The van der Waals surface area contributed by atoms with Gasteiger partial charge in [0.05, 0.1) is 27.0 Å². The minimum absolute atomic E-state index is 0.264. The van der Waals surface area contributed by atoms with Crippen LogP contribution in [0.15, 0.2) is 42.5 Å². The number of para-hydroxylation sites is 2. The van der Waals surface area contributed by atoms with Gasteiger partial charge in [-0.15, -0.1) is 0 Å². The standard InChI is InChI=1S/C19H21NO6/c1-20(14-7-5-6-8-15(14)23-2)19(22)13-9-10-16(24-3)17(11-13)26-12-18(21)25-4/h5-11H,12H2,1-4H3. The number of hydrogen-bond donors (Lipinski definition) is 0. The highest BCUT2D eigenvalue weighted by molar-refractivity contribution is 6.06. The number of hydrogen-bond acceptors (Lipinski definition) is 6. The number of esters is 1. The summed E-state index contributed by atoms with van der Waals surface area (Å²) >= 11 is 0. The Morgan fingerprint density at radius 3 is 2.27 bits per heavy atom. The Labute approximate surface area is 152 Å². The van der Waals surface area contributed by atoms with E-state index in [0.717, 1.165) is 0 Å². The van der Waals surface area contributed by atoms with Crippen molar-refractivity contribution < 1.29 is 28.5 Å². The largest absolute Gasteiger partial charge is 0.495 e. The molecule has 26 heavy (non-hydrogen) atoms. The lowest BCUT2D eigenvalue weighted by molar-refractivity contribution is -0.142. The van der Waals surface area contributed by atoms with Crippen molar-refractivity contribution in [1.29, 1.82) is 0 Å². The SMILES string of the molecule is COC(=O)COc1cc(C(=O)N(C)c2ccccc2OC)ccc1OC. The zero-order chi connectivity index (χ0) is 19.1. The van der Waals surface area contributed by atoms with Crippen LogP contribution in [0.4, 0.5) is 5.69 Å². The summed E-state index contributed by atoms with van der Waals surface area (Å²) in [6.07, 6.45) is 0. The maximum atomic E-state index is 12.8. The Morgan fingerprint density at radius 2 is 1.62 bits per heavy atom. The molecule has 1 amide bonds. The fourth-order valence-electron chi connectivity index (χ4n) is 2.33. The number of nitrogens with zero attached hydrogens (tertiary/aromatic N) is 1. The molecule has 0 radical (unpaired) electrons. The molecule has 0 saturated heterocycles. The van der Waals surface area contributed by atoms with Crippen molar-refractivity contribution in [3.05, 3.63) is 48.0 Å². The molecule has 2 aromatic carbocycles.